The molecule has 1 saturated heterocycles. The molecule has 0 radical (unpaired) electrons. The van der Waals surface area contributed by atoms with Gasteiger partial charge in [0.2, 0.25) is 0 Å². The largest absolute Gasteiger partial charge is 0.293 e. The maximum atomic E-state index is 12.5. The summed E-state index contributed by atoms with van der Waals surface area (Å²) >= 11 is 10.2. The predicted molar refractivity (Wildman–Crippen MR) is 97.1 cm³/mol. The zero-order valence-corrected chi connectivity index (χ0v) is 15.0. The number of amides is 2. The predicted octanol–water partition coefficient (Wildman–Crippen LogP) is 5.34. The van der Waals surface area contributed by atoms with Crippen LogP contribution in [0.4, 0.5) is 4.79 Å². The lowest BCUT2D eigenvalue weighted by Crippen LogP contribution is -2.27. The van der Waals surface area contributed by atoms with E-state index in [-0.39, 0.29) is 17.7 Å². The molecule has 6 heteroatoms. The molecule has 2 amide bonds. The SMILES string of the molecule is O=C1S/C(=C\c2ccccc2Br)C(=O)N1Cc1ccc(Cl)cc1. The third-order valence-corrected chi connectivity index (χ3v) is 5.20. The molecule has 0 spiro atoms. The smallest absolute Gasteiger partial charge is 0.268 e. The van der Waals surface area contributed by atoms with E-state index < -0.39 is 0 Å². The van der Waals surface area contributed by atoms with Gasteiger partial charge in [-0.3, -0.25) is 14.5 Å². The molecule has 3 nitrogen and oxygen atoms in total. The van der Waals surface area contributed by atoms with Crippen molar-refractivity contribution in [3.63, 3.8) is 0 Å². The first kappa shape index (κ1) is 16.3. The van der Waals surface area contributed by atoms with Gasteiger partial charge in [0, 0.05) is 9.50 Å². The number of hydrogen-bond donors (Lipinski definition) is 0. The Morgan fingerprint density at radius 1 is 1.09 bits per heavy atom. The lowest BCUT2D eigenvalue weighted by atomic mass is 10.2. The molecule has 2 aromatic rings. The highest BCUT2D eigenvalue weighted by atomic mass is 79.9. The Labute approximate surface area is 151 Å². The van der Waals surface area contributed by atoms with Crippen molar-refractivity contribution in [2.75, 3.05) is 0 Å². The van der Waals surface area contributed by atoms with Crippen LogP contribution in [0.3, 0.4) is 0 Å². The van der Waals surface area contributed by atoms with E-state index in [1.807, 2.05) is 36.4 Å². The normalized spacial score (nSPS) is 16.4. The van der Waals surface area contributed by atoms with Gasteiger partial charge >= 0.3 is 0 Å². The number of imide groups is 1. The number of thioether (sulfide) groups is 1. The quantitative estimate of drug-likeness (QED) is 0.643. The molecule has 3 rings (SSSR count). The second-order valence-corrected chi connectivity index (χ2v) is 7.20. The Morgan fingerprint density at radius 2 is 1.78 bits per heavy atom. The molecular formula is C17H11BrClNO2S. The summed E-state index contributed by atoms with van der Waals surface area (Å²) in [5.41, 5.74) is 1.73. The minimum absolute atomic E-state index is 0.245. The van der Waals surface area contributed by atoms with Crippen molar-refractivity contribution >= 4 is 56.5 Å². The monoisotopic (exact) mass is 407 g/mol. The lowest BCUT2D eigenvalue weighted by molar-refractivity contribution is -0.123. The summed E-state index contributed by atoms with van der Waals surface area (Å²) in [6.45, 7) is 0.245. The summed E-state index contributed by atoms with van der Waals surface area (Å²) in [5.74, 6) is -0.272. The van der Waals surface area contributed by atoms with Crippen molar-refractivity contribution in [2.24, 2.45) is 0 Å². The van der Waals surface area contributed by atoms with E-state index >= 15 is 0 Å². The number of rotatable bonds is 3. The molecule has 2 aromatic carbocycles. The highest BCUT2D eigenvalue weighted by Gasteiger charge is 2.35. The van der Waals surface area contributed by atoms with Crippen LogP contribution in [0.25, 0.3) is 6.08 Å². The number of benzene rings is 2. The van der Waals surface area contributed by atoms with Gasteiger partial charge in [0.1, 0.15) is 0 Å². The Hall–Kier alpha value is -1.56. The van der Waals surface area contributed by atoms with E-state index in [2.05, 4.69) is 15.9 Å². The average Bonchev–Trinajstić information content (AvgIpc) is 2.79. The molecule has 116 valence electrons. The number of carbonyl (C=O) groups is 2. The molecule has 0 saturated carbocycles. The van der Waals surface area contributed by atoms with Crippen molar-refractivity contribution in [3.05, 3.63) is 74.1 Å². The van der Waals surface area contributed by atoms with Crippen LogP contribution in [0.15, 0.2) is 57.9 Å². The molecule has 0 atom stereocenters. The maximum Gasteiger partial charge on any atom is 0.293 e. The van der Waals surface area contributed by atoms with Crippen molar-refractivity contribution in [1.29, 1.82) is 0 Å². The van der Waals surface area contributed by atoms with E-state index in [9.17, 15) is 9.59 Å². The highest BCUT2D eigenvalue weighted by Crippen LogP contribution is 2.34. The summed E-state index contributed by atoms with van der Waals surface area (Å²) in [7, 11) is 0. The van der Waals surface area contributed by atoms with Gasteiger partial charge in [0.15, 0.2) is 0 Å². The third kappa shape index (κ3) is 3.68. The molecule has 0 N–H and O–H groups in total. The molecule has 1 heterocycles. The summed E-state index contributed by atoms with van der Waals surface area (Å²) in [6, 6.07) is 14.7. The Bertz CT molecular complexity index is 804. The lowest BCUT2D eigenvalue weighted by Gasteiger charge is -2.12. The van der Waals surface area contributed by atoms with Crippen LogP contribution in [0.5, 0.6) is 0 Å². The van der Waals surface area contributed by atoms with Gasteiger partial charge < -0.3 is 0 Å². The summed E-state index contributed by atoms with van der Waals surface area (Å²) < 4.78 is 0.879. The topological polar surface area (TPSA) is 37.4 Å². The van der Waals surface area contributed by atoms with Gasteiger partial charge in [-0.1, -0.05) is 57.9 Å². The van der Waals surface area contributed by atoms with Crippen LogP contribution in [-0.4, -0.2) is 16.0 Å². The molecule has 0 unspecified atom stereocenters. The van der Waals surface area contributed by atoms with E-state index in [1.165, 1.54) is 4.90 Å². The molecular weight excluding hydrogens is 398 g/mol. The highest BCUT2D eigenvalue weighted by molar-refractivity contribution is 9.10. The first-order chi connectivity index (χ1) is 11.0. The van der Waals surface area contributed by atoms with Crippen LogP contribution in [-0.2, 0) is 11.3 Å². The zero-order valence-electron chi connectivity index (χ0n) is 11.8. The number of carbonyl (C=O) groups excluding carboxylic acids is 2. The standard InChI is InChI=1S/C17H11BrClNO2S/c18-14-4-2-1-3-12(14)9-15-16(21)20(17(22)23-15)10-11-5-7-13(19)8-6-11/h1-9H,10H2/b15-9-. The Kier molecular flexibility index (Phi) is 4.90. The maximum absolute atomic E-state index is 12.5. The molecule has 0 aromatic heterocycles. The molecule has 0 aliphatic carbocycles. The van der Waals surface area contributed by atoms with E-state index in [4.69, 9.17) is 11.6 Å². The third-order valence-electron chi connectivity index (χ3n) is 3.32. The minimum atomic E-state index is -0.272. The average molecular weight is 409 g/mol. The van der Waals surface area contributed by atoms with Crippen LogP contribution < -0.4 is 0 Å². The van der Waals surface area contributed by atoms with Crippen LogP contribution in [0.1, 0.15) is 11.1 Å². The second-order valence-electron chi connectivity index (χ2n) is 4.92. The van der Waals surface area contributed by atoms with Gasteiger partial charge in [0.25, 0.3) is 11.1 Å². The second kappa shape index (κ2) is 6.91. The van der Waals surface area contributed by atoms with Crippen LogP contribution in [0, 0.1) is 0 Å². The van der Waals surface area contributed by atoms with Gasteiger partial charge in [-0.15, -0.1) is 0 Å². The van der Waals surface area contributed by atoms with Gasteiger partial charge in [-0.2, -0.15) is 0 Å². The number of nitrogens with zero attached hydrogens (tertiary/aromatic N) is 1. The Morgan fingerprint density at radius 3 is 2.48 bits per heavy atom. The van der Waals surface area contributed by atoms with Gasteiger partial charge in [-0.25, -0.2) is 0 Å². The van der Waals surface area contributed by atoms with Crippen molar-refractivity contribution in [1.82, 2.24) is 4.90 Å². The van der Waals surface area contributed by atoms with Crippen molar-refractivity contribution < 1.29 is 9.59 Å². The minimum Gasteiger partial charge on any atom is -0.268 e. The molecule has 1 fully saturated rings. The fourth-order valence-corrected chi connectivity index (χ4v) is 3.50. The van der Waals surface area contributed by atoms with Crippen LogP contribution >= 0.6 is 39.3 Å². The van der Waals surface area contributed by atoms with Gasteiger partial charge in [-0.05, 0) is 47.2 Å². The summed E-state index contributed by atoms with van der Waals surface area (Å²) in [4.78, 5) is 26.3. The number of hydrogen-bond acceptors (Lipinski definition) is 3. The van der Waals surface area contributed by atoms with Crippen LogP contribution in [0.2, 0.25) is 5.02 Å². The number of halogens is 2. The molecule has 23 heavy (non-hydrogen) atoms. The summed E-state index contributed by atoms with van der Waals surface area (Å²) in [5, 5.41) is 0.361. The van der Waals surface area contributed by atoms with E-state index in [1.54, 1.807) is 18.2 Å². The van der Waals surface area contributed by atoms with Crippen molar-refractivity contribution in [3.8, 4) is 0 Å². The first-order valence-corrected chi connectivity index (χ1v) is 8.77. The first-order valence-electron chi connectivity index (χ1n) is 6.79. The summed E-state index contributed by atoms with van der Waals surface area (Å²) in [6.07, 6.45) is 1.73. The molecule has 1 aliphatic rings. The molecule has 1 aliphatic heterocycles. The Balaban J connectivity index is 1.82. The van der Waals surface area contributed by atoms with E-state index in [0.29, 0.717) is 9.93 Å². The van der Waals surface area contributed by atoms with E-state index in [0.717, 1.165) is 27.4 Å². The van der Waals surface area contributed by atoms with Crippen molar-refractivity contribution in [2.45, 2.75) is 6.54 Å². The zero-order chi connectivity index (χ0) is 16.4. The fourth-order valence-electron chi connectivity index (χ4n) is 2.14. The fraction of sp³-hybridized carbons (Fsp3) is 0.0588. The molecule has 0 bridgehead atoms. The van der Waals surface area contributed by atoms with Gasteiger partial charge in [0.05, 0.1) is 11.4 Å².